The molecular formula is C13H17N3O3S. The van der Waals surface area contributed by atoms with Crippen LogP contribution in [0.5, 0.6) is 0 Å². The molecule has 2 rings (SSSR count). The van der Waals surface area contributed by atoms with E-state index in [4.69, 9.17) is 5.14 Å². The zero-order valence-electron chi connectivity index (χ0n) is 10.9. The normalized spacial score (nSPS) is 11.7. The third-order valence-corrected chi connectivity index (χ3v) is 3.81. The van der Waals surface area contributed by atoms with E-state index in [2.05, 4.69) is 10.3 Å². The minimum Gasteiger partial charge on any atom is -0.361 e. The van der Waals surface area contributed by atoms with Crippen LogP contribution in [-0.4, -0.2) is 31.6 Å². The Kier molecular flexibility index (Phi) is 4.41. The molecule has 0 aliphatic heterocycles. The third kappa shape index (κ3) is 4.07. The standard InChI is InChI=1S/C13H17N3O3S/c14-20(18,19)7-3-6-15-13(17)8-10-9-16-12-5-2-1-4-11(10)12/h1-2,4-5,9,16H,3,6-8H2,(H,15,17)(H2,14,18,19). The fraction of sp³-hybridized carbons (Fsp3) is 0.308. The molecule has 4 N–H and O–H groups in total. The summed E-state index contributed by atoms with van der Waals surface area (Å²) >= 11 is 0. The maximum Gasteiger partial charge on any atom is 0.224 e. The van der Waals surface area contributed by atoms with Crippen molar-refractivity contribution in [2.45, 2.75) is 12.8 Å². The van der Waals surface area contributed by atoms with Gasteiger partial charge in [-0.1, -0.05) is 18.2 Å². The van der Waals surface area contributed by atoms with Crippen molar-refractivity contribution in [2.24, 2.45) is 5.14 Å². The Labute approximate surface area is 117 Å². The molecular weight excluding hydrogens is 278 g/mol. The Morgan fingerprint density at radius 3 is 2.80 bits per heavy atom. The number of hydrogen-bond donors (Lipinski definition) is 3. The number of nitrogens with two attached hydrogens (primary N) is 1. The molecule has 2 aromatic rings. The van der Waals surface area contributed by atoms with Crippen molar-refractivity contribution >= 4 is 26.8 Å². The molecule has 108 valence electrons. The van der Waals surface area contributed by atoms with Gasteiger partial charge in [-0.15, -0.1) is 0 Å². The lowest BCUT2D eigenvalue weighted by Gasteiger charge is -2.04. The highest BCUT2D eigenvalue weighted by Crippen LogP contribution is 2.17. The van der Waals surface area contributed by atoms with E-state index in [1.54, 1.807) is 0 Å². The van der Waals surface area contributed by atoms with Crippen molar-refractivity contribution in [2.75, 3.05) is 12.3 Å². The van der Waals surface area contributed by atoms with Gasteiger partial charge in [-0.3, -0.25) is 4.79 Å². The second-order valence-electron chi connectivity index (χ2n) is 4.61. The van der Waals surface area contributed by atoms with Crippen LogP contribution in [0.25, 0.3) is 10.9 Å². The number of H-pyrrole nitrogens is 1. The first kappa shape index (κ1) is 14.5. The fourth-order valence-corrected chi connectivity index (χ4v) is 2.56. The Bertz CT molecular complexity index is 706. The maximum atomic E-state index is 11.8. The van der Waals surface area contributed by atoms with Gasteiger partial charge in [0.05, 0.1) is 12.2 Å². The summed E-state index contributed by atoms with van der Waals surface area (Å²) in [6.07, 6.45) is 2.40. The Hall–Kier alpha value is -1.86. The molecule has 0 aliphatic carbocycles. The highest BCUT2D eigenvalue weighted by atomic mass is 32.2. The minimum atomic E-state index is -3.46. The first-order valence-corrected chi connectivity index (χ1v) is 7.99. The SMILES string of the molecule is NS(=O)(=O)CCCNC(=O)Cc1c[nH]c2ccccc12. The number of amides is 1. The van der Waals surface area contributed by atoms with Crippen molar-refractivity contribution in [1.29, 1.82) is 0 Å². The number of rotatable bonds is 6. The van der Waals surface area contributed by atoms with E-state index in [0.29, 0.717) is 13.0 Å². The first-order chi connectivity index (χ1) is 9.46. The van der Waals surface area contributed by atoms with E-state index < -0.39 is 10.0 Å². The molecule has 7 heteroatoms. The quantitative estimate of drug-likeness (QED) is 0.676. The van der Waals surface area contributed by atoms with E-state index >= 15 is 0 Å². The molecule has 0 saturated heterocycles. The Morgan fingerprint density at radius 2 is 2.05 bits per heavy atom. The number of hydrogen-bond acceptors (Lipinski definition) is 3. The zero-order chi connectivity index (χ0) is 14.6. The smallest absolute Gasteiger partial charge is 0.224 e. The molecule has 1 amide bonds. The number of para-hydroxylation sites is 1. The zero-order valence-corrected chi connectivity index (χ0v) is 11.7. The number of fused-ring (bicyclic) bond motifs is 1. The second-order valence-corrected chi connectivity index (χ2v) is 6.34. The summed E-state index contributed by atoms with van der Waals surface area (Å²) in [6, 6.07) is 7.75. The predicted octanol–water partition coefficient (Wildman–Crippen LogP) is 0.505. The molecule has 0 atom stereocenters. The summed E-state index contributed by atoms with van der Waals surface area (Å²) < 4.78 is 21.5. The average Bonchev–Trinajstić information content (AvgIpc) is 2.77. The Morgan fingerprint density at radius 1 is 1.30 bits per heavy atom. The number of aromatic amines is 1. The molecule has 0 spiro atoms. The maximum absolute atomic E-state index is 11.8. The highest BCUT2D eigenvalue weighted by Gasteiger charge is 2.08. The van der Waals surface area contributed by atoms with Crippen LogP contribution in [0.3, 0.4) is 0 Å². The van der Waals surface area contributed by atoms with Crippen LogP contribution in [-0.2, 0) is 21.2 Å². The monoisotopic (exact) mass is 295 g/mol. The number of benzene rings is 1. The van der Waals surface area contributed by atoms with Crippen LogP contribution in [0, 0.1) is 0 Å². The molecule has 20 heavy (non-hydrogen) atoms. The number of carbonyl (C=O) groups is 1. The van der Waals surface area contributed by atoms with E-state index in [9.17, 15) is 13.2 Å². The van der Waals surface area contributed by atoms with Crippen molar-refractivity contribution in [3.8, 4) is 0 Å². The molecule has 1 heterocycles. The highest BCUT2D eigenvalue weighted by molar-refractivity contribution is 7.89. The van der Waals surface area contributed by atoms with Gasteiger partial charge >= 0.3 is 0 Å². The number of primary sulfonamides is 1. The van der Waals surface area contributed by atoms with Gasteiger partial charge in [-0.2, -0.15) is 0 Å². The molecule has 1 aromatic heterocycles. The average molecular weight is 295 g/mol. The molecule has 6 nitrogen and oxygen atoms in total. The molecule has 0 radical (unpaired) electrons. The summed E-state index contributed by atoms with van der Waals surface area (Å²) in [4.78, 5) is 14.9. The topological polar surface area (TPSA) is 105 Å². The van der Waals surface area contributed by atoms with Crippen molar-refractivity contribution in [3.05, 3.63) is 36.0 Å². The van der Waals surface area contributed by atoms with Gasteiger partial charge in [-0.05, 0) is 18.1 Å². The van der Waals surface area contributed by atoms with E-state index in [1.807, 2.05) is 30.5 Å². The minimum absolute atomic E-state index is 0.125. The summed E-state index contributed by atoms with van der Waals surface area (Å²) in [5.74, 6) is -0.260. The second kappa shape index (κ2) is 6.06. The lowest BCUT2D eigenvalue weighted by atomic mass is 10.1. The molecule has 0 bridgehead atoms. The number of aromatic nitrogens is 1. The third-order valence-electron chi connectivity index (χ3n) is 2.95. The van der Waals surface area contributed by atoms with Gasteiger partial charge < -0.3 is 10.3 Å². The largest absolute Gasteiger partial charge is 0.361 e. The van der Waals surface area contributed by atoms with Crippen LogP contribution in [0.2, 0.25) is 0 Å². The molecule has 0 saturated carbocycles. The van der Waals surface area contributed by atoms with Crippen molar-refractivity contribution in [3.63, 3.8) is 0 Å². The van der Waals surface area contributed by atoms with E-state index in [0.717, 1.165) is 16.5 Å². The fourth-order valence-electron chi connectivity index (χ4n) is 2.01. The van der Waals surface area contributed by atoms with Gasteiger partial charge in [-0.25, -0.2) is 13.6 Å². The van der Waals surface area contributed by atoms with E-state index in [1.165, 1.54) is 0 Å². The van der Waals surface area contributed by atoms with Gasteiger partial charge in [0.15, 0.2) is 0 Å². The van der Waals surface area contributed by atoms with Crippen LogP contribution >= 0.6 is 0 Å². The number of nitrogens with one attached hydrogen (secondary N) is 2. The summed E-state index contributed by atoms with van der Waals surface area (Å²) in [6.45, 7) is 0.303. The van der Waals surface area contributed by atoms with Crippen molar-refractivity contribution < 1.29 is 13.2 Å². The lowest BCUT2D eigenvalue weighted by molar-refractivity contribution is -0.120. The Balaban J connectivity index is 1.86. The van der Waals surface area contributed by atoms with E-state index in [-0.39, 0.29) is 18.1 Å². The molecule has 0 unspecified atom stereocenters. The van der Waals surface area contributed by atoms with Crippen LogP contribution in [0.1, 0.15) is 12.0 Å². The first-order valence-electron chi connectivity index (χ1n) is 6.28. The molecule has 0 fully saturated rings. The van der Waals surface area contributed by atoms with Crippen molar-refractivity contribution in [1.82, 2.24) is 10.3 Å². The van der Waals surface area contributed by atoms with Crippen LogP contribution in [0.4, 0.5) is 0 Å². The summed E-state index contributed by atoms with van der Waals surface area (Å²) in [7, 11) is -3.46. The molecule has 0 aliphatic rings. The number of carbonyl (C=O) groups excluding carboxylic acids is 1. The summed E-state index contributed by atoms with van der Waals surface area (Å²) in [5, 5.41) is 8.59. The van der Waals surface area contributed by atoms with Crippen LogP contribution < -0.4 is 10.5 Å². The van der Waals surface area contributed by atoms with Gasteiger partial charge in [0, 0.05) is 23.6 Å². The van der Waals surface area contributed by atoms with Gasteiger partial charge in [0.2, 0.25) is 15.9 Å². The van der Waals surface area contributed by atoms with Crippen LogP contribution in [0.15, 0.2) is 30.5 Å². The lowest BCUT2D eigenvalue weighted by Crippen LogP contribution is -2.28. The van der Waals surface area contributed by atoms with Gasteiger partial charge in [0.25, 0.3) is 0 Å². The summed E-state index contributed by atoms with van der Waals surface area (Å²) in [5.41, 5.74) is 1.91. The van der Waals surface area contributed by atoms with Gasteiger partial charge in [0.1, 0.15) is 0 Å². The predicted molar refractivity (Wildman–Crippen MR) is 77.6 cm³/mol. The molecule has 1 aromatic carbocycles. The number of sulfonamides is 1.